The fourth-order valence-corrected chi connectivity index (χ4v) is 6.10. The summed E-state index contributed by atoms with van der Waals surface area (Å²) in [6, 6.07) is 10.1. The number of primary amides is 1. The number of nitrogens with zero attached hydrogens (tertiary/aromatic N) is 2. The molecule has 1 aromatic carbocycles. The van der Waals surface area contributed by atoms with Crippen LogP contribution in [0, 0.1) is 5.92 Å². The Hall–Kier alpha value is -2.12. The number of benzene rings is 1. The molecule has 0 aliphatic heterocycles. The summed E-state index contributed by atoms with van der Waals surface area (Å²) < 4.78 is 1.74. The fourth-order valence-electron chi connectivity index (χ4n) is 3.79. The Morgan fingerprint density at radius 2 is 2.14 bits per heavy atom. The number of fused-ring (bicyclic) bond motifs is 3. The number of nitrogens with two attached hydrogens (primary N) is 1. The summed E-state index contributed by atoms with van der Waals surface area (Å²) in [5, 5.41) is 0.911. The van der Waals surface area contributed by atoms with Crippen LogP contribution in [0.25, 0.3) is 10.2 Å². The number of thiophene rings is 1. The van der Waals surface area contributed by atoms with Crippen LogP contribution in [0.3, 0.4) is 0 Å². The van der Waals surface area contributed by atoms with Gasteiger partial charge in [-0.25, -0.2) is 4.98 Å². The Balaban J connectivity index is 1.79. The zero-order chi connectivity index (χ0) is 20.5. The third-order valence-electron chi connectivity index (χ3n) is 5.53. The molecule has 2 N–H and O–H groups in total. The van der Waals surface area contributed by atoms with E-state index in [1.54, 1.807) is 22.8 Å². The molecule has 7 heteroatoms. The lowest BCUT2D eigenvalue weighted by Gasteiger charge is -2.18. The SMILES string of the molecule is C[C@H]1CCc2c(sc3nc(S[C@@H](C)C(N)=O)n(CCc4ccccc4)c(=O)c23)C1. The van der Waals surface area contributed by atoms with E-state index in [2.05, 4.69) is 19.1 Å². The van der Waals surface area contributed by atoms with Gasteiger partial charge in [-0.2, -0.15) is 0 Å². The molecule has 0 spiro atoms. The minimum Gasteiger partial charge on any atom is -0.369 e. The van der Waals surface area contributed by atoms with E-state index in [0.717, 1.165) is 35.9 Å². The quantitative estimate of drug-likeness (QED) is 0.480. The van der Waals surface area contributed by atoms with E-state index >= 15 is 0 Å². The van der Waals surface area contributed by atoms with Crippen molar-refractivity contribution in [3.63, 3.8) is 0 Å². The Morgan fingerprint density at radius 3 is 2.86 bits per heavy atom. The van der Waals surface area contributed by atoms with Crippen LogP contribution in [0.1, 0.15) is 36.3 Å². The minimum atomic E-state index is -0.447. The van der Waals surface area contributed by atoms with Gasteiger partial charge in [-0.15, -0.1) is 11.3 Å². The van der Waals surface area contributed by atoms with Crippen molar-refractivity contribution in [2.75, 3.05) is 0 Å². The normalized spacial score (nSPS) is 17.2. The van der Waals surface area contributed by atoms with Gasteiger partial charge in [0.05, 0.1) is 10.6 Å². The Morgan fingerprint density at radius 1 is 1.38 bits per heavy atom. The molecular formula is C22H25N3O2S2. The molecule has 0 radical (unpaired) electrons. The van der Waals surface area contributed by atoms with Gasteiger partial charge in [-0.05, 0) is 49.7 Å². The molecule has 0 unspecified atom stereocenters. The highest BCUT2D eigenvalue weighted by Gasteiger charge is 2.25. The number of carbonyl (C=O) groups excluding carboxylic acids is 1. The first-order chi connectivity index (χ1) is 13.9. The van der Waals surface area contributed by atoms with Crippen molar-refractivity contribution >= 4 is 39.2 Å². The fraction of sp³-hybridized carbons (Fsp3) is 0.409. The van der Waals surface area contributed by atoms with E-state index < -0.39 is 11.2 Å². The van der Waals surface area contributed by atoms with Crippen LogP contribution in [0.2, 0.25) is 0 Å². The molecule has 29 heavy (non-hydrogen) atoms. The molecule has 1 aliphatic carbocycles. The van der Waals surface area contributed by atoms with Crippen LogP contribution in [-0.4, -0.2) is 20.7 Å². The number of aromatic nitrogens is 2. The first-order valence-electron chi connectivity index (χ1n) is 9.99. The highest BCUT2D eigenvalue weighted by molar-refractivity contribution is 8.00. The number of thioether (sulfide) groups is 1. The second-order valence-corrected chi connectivity index (χ2v) is 10.2. The van der Waals surface area contributed by atoms with Gasteiger partial charge in [0.15, 0.2) is 5.16 Å². The van der Waals surface area contributed by atoms with E-state index in [1.165, 1.54) is 27.8 Å². The van der Waals surface area contributed by atoms with Crippen molar-refractivity contribution in [2.24, 2.45) is 11.7 Å². The lowest BCUT2D eigenvalue weighted by Crippen LogP contribution is -2.28. The van der Waals surface area contributed by atoms with Gasteiger partial charge in [0.1, 0.15) is 4.83 Å². The summed E-state index contributed by atoms with van der Waals surface area (Å²) in [5.74, 6) is 0.234. The van der Waals surface area contributed by atoms with Gasteiger partial charge in [0, 0.05) is 11.4 Å². The molecule has 4 rings (SSSR count). The summed E-state index contributed by atoms with van der Waals surface area (Å²) in [6.45, 7) is 4.54. The van der Waals surface area contributed by atoms with Crippen LogP contribution in [-0.2, 0) is 30.6 Å². The number of hydrogen-bond acceptors (Lipinski definition) is 5. The summed E-state index contributed by atoms with van der Waals surface area (Å²) in [4.78, 5) is 32.1. The van der Waals surface area contributed by atoms with E-state index in [0.29, 0.717) is 17.6 Å². The van der Waals surface area contributed by atoms with Gasteiger partial charge in [0.25, 0.3) is 5.56 Å². The molecule has 0 bridgehead atoms. The van der Waals surface area contributed by atoms with Gasteiger partial charge in [-0.1, -0.05) is 49.0 Å². The van der Waals surface area contributed by atoms with Crippen molar-refractivity contribution in [1.82, 2.24) is 9.55 Å². The van der Waals surface area contributed by atoms with Gasteiger partial charge < -0.3 is 5.73 Å². The van der Waals surface area contributed by atoms with Crippen LogP contribution in [0.5, 0.6) is 0 Å². The Labute approximate surface area is 178 Å². The van der Waals surface area contributed by atoms with Crippen LogP contribution >= 0.6 is 23.1 Å². The average Bonchev–Trinajstić information content (AvgIpc) is 3.05. The van der Waals surface area contributed by atoms with Crippen molar-refractivity contribution in [2.45, 2.75) is 56.5 Å². The molecule has 0 saturated heterocycles. The lowest BCUT2D eigenvalue weighted by molar-refractivity contribution is -0.117. The zero-order valence-electron chi connectivity index (χ0n) is 16.7. The van der Waals surface area contributed by atoms with Gasteiger partial charge in [0.2, 0.25) is 5.91 Å². The smallest absolute Gasteiger partial charge is 0.263 e. The molecule has 5 nitrogen and oxygen atoms in total. The predicted octanol–water partition coefficient (Wildman–Crippen LogP) is 3.79. The number of hydrogen-bond donors (Lipinski definition) is 1. The average molecular weight is 428 g/mol. The van der Waals surface area contributed by atoms with E-state index in [4.69, 9.17) is 10.7 Å². The lowest BCUT2D eigenvalue weighted by atomic mass is 9.89. The Kier molecular flexibility index (Phi) is 5.79. The maximum absolute atomic E-state index is 13.5. The summed E-state index contributed by atoms with van der Waals surface area (Å²) in [5.41, 5.74) is 7.84. The number of rotatable bonds is 6. The summed E-state index contributed by atoms with van der Waals surface area (Å²) in [6.07, 6.45) is 3.80. The van der Waals surface area contributed by atoms with E-state index in [9.17, 15) is 9.59 Å². The van der Waals surface area contributed by atoms with Crippen LogP contribution in [0.4, 0.5) is 0 Å². The molecule has 0 saturated carbocycles. The minimum absolute atomic E-state index is 0.0113. The van der Waals surface area contributed by atoms with Crippen LogP contribution in [0.15, 0.2) is 40.3 Å². The Bertz CT molecular complexity index is 1100. The predicted molar refractivity (Wildman–Crippen MR) is 120 cm³/mol. The standard InChI is InChI=1S/C22H25N3O2S2/c1-13-8-9-16-17(12-13)29-20-18(16)21(27)25(11-10-15-6-4-3-5-7-15)22(24-20)28-14(2)19(23)26/h3-7,13-14H,8-12H2,1-2H3,(H2,23,26)/t13-,14-/m0/s1. The number of amides is 1. The maximum Gasteiger partial charge on any atom is 0.263 e. The molecule has 2 aromatic heterocycles. The first-order valence-corrected chi connectivity index (χ1v) is 11.7. The third kappa shape index (κ3) is 4.12. The third-order valence-corrected chi connectivity index (χ3v) is 7.79. The monoisotopic (exact) mass is 427 g/mol. The van der Waals surface area contributed by atoms with Gasteiger partial charge >= 0.3 is 0 Å². The molecule has 152 valence electrons. The van der Waals surface area contributed by atoms with E-state index in [-0.39, 0.29) is 5.56 Å². The van der Waals surface area contributed by atoms with Crippen molar-refractivity contribution < 1.29 is 4.79 Å². The molecule has 2 heterocycles. The van der Waals surface area contributed by atoms with Crippen molar-refractivity contribution in [3.8, 4) is 0 Å². The second kappa shape index (κ2) is 8.32. The van der Waals surface area contributed by atoms with Gasteiger partial charge in [-0.3, -0.25) is 14.2 Å². The second-order valence-electron chi connectivity index (χ2n) is 7.78. The van der Waals surface area contributed by atoms with E-state index in [1.807, 2.05) is 18.2 Å². The maximum atomic E-state index is 13.5. The van der Waals surface area contributed by atoms with Crippen LogP contribution < -0.4 is 11.3 Å². The number of aryl methyl sites for hydroxylation is 2. The van der Waals surface area contributed by atoms with Crippen molar-refractivity contribution in [1.29, 1.82) is 0 Å². The summed E-state index contributed by atoms with van der Waals surface area (Å²) in [7, 11) is 0. The molecule has 3 aromatic rings. The highest BCUT2D eigenvalue weighted by atomic mass is 32.2. The number of carbonyl (C=O) groups is 1. The molecule has 1 aliphatic rings. The van der Waals surface area contributed by atoms with Crippen molar-refractivity contribution in [3.05, 3.63) is 56.7 Å². The molecule has 1 amide bonds. The zero-order valence-corrected chi connectivity index (χ0v) is 18.3. The highest BCUT2D eigenvalue weighted by Crippen LogP contribution is 2.36. The molecule has 0 fully saturated rings. The molecular weight excluding hydrogens is 402 g/mol. The molecule has 2 atom stereocenters. The first kappa shape index (κ1) is 20.2. The largest absolute Gasteiger partial charge is 0.369 e. The topological polar surface area (TPSA) is 78.0 Å². The summed E-state index contributed by atoms with van der Waals surface area (Å²) >= 11 is 2.91.